The molecule has 0 saturated heterocycles. The molecule has 0 aromatic carbocycles. The maximum atomic E-state index is 12.1. The van der Waals surface area contributed by atoms with Crippen molar-refractivity contribution in [2.45, 2.75) is 50.3 Å². The van der Waals surface area contributed by atoms with Gasteiger partial charge in [0.25, 0.3) is 0 Å². The Balaban J connectivity index is 4.28. The third-order valence-corrected chi connectivity index (χ3v) is 5.05. The van der Waals surface area contributed by atoms with Crippen LogP contribution in [0.4, 0.5) is 0 Å². The summed E-state index contributed by atoms with van der Waals surface area (Å²) in [4.78, 5) is 33.9. The van der Waals surface area contributed by atoms with Gasteiger partial charge in [-0.3, -0.25) is 9.59 Å². The van der Waals surface area contributed by atoms with Gasteiger partial charge < -0.3 is 20.9 Å². The Bertz CT molecular complexity index is 407. The van der Waals surface area contributed by atoms with Crippen LogP contribution < -0.4 is 11.1 Å². The molecule has 0 aliphatic rings. The number of carbonyl (C=O) groups excluding carboxylic acids is 2. The zero-order chi connectivity index (χ0) is 18.0. The molecule has 0 rings (SSSR count). The van der Waals surface area contributed by atoms with Crippen LogP contribution in [-0.2, 0) is 19.1 Å². The Morgan fingerprint density at radius 3 is 2.26 bits per heavy atom. The number of carboxylic acids is 1. The van der Waals surface area contributed by atoms with Crippen LogP contribution in [0.5, 0.6) is 0 Å². The lowest BCUT2D eigenvalue weighted by Crippen LogP contribution is -2.43. The molecule has 9 heteroatoms. The minimum Gasteiger partial charge on any atom is -0.480 e. The Labute approximate surface area is 145 Å². The zero-order valence-corrected chi connectivity index (χ0v) is 15.5. The highest BCUT2D eigenvalue weighted by Crippen LogP contribution is 2.14. The van der Waals surface area contributed by atoms with Gasteiger partial charge in [0.2, 0.25) is 5.91 Å². The summed E-state index contributed by atoms with van der Waals surface area (Å²) in [6.45, 7) is 7.32. The number of hydrogen-bond donors (Lipinski definition) is 3. The van der Waals surface area contributed by atoms with Gasteiger partial charge in [0, 0.05) is 23.7 Å². The highest BCUT2D eigenvalue weighted by atomic mass is 32.2. The van der Waals surface area contributed by atoms with Crippen molar-refractivity contribution in [1.82, 2.24) is 5.32 Å². The number of ether oxygens (including phenoxy) is 1. The lowest BCUT2D eigenvalue weighted by Gasteiger charge is -2.19. The minimum absolute atomic E-state index is 0.0833. The van der Waals surface area contributed by atoms with Crippen molar-refractivity contribution < 1.29 is 24.2 Å². The van der Waals surface area contributed by atoms with E-state index in [1.165, 1.54) is 18.7 Å². The van der Waals surface area contributed by atoms with Gasteiger partial charge in [-0.25, -0.2) is 4.79 Å². The van der Waals surface area contributed by atoms with E-state index in [4.69, 9.17) is 15.6 Å². The standard InChI is InChI=1S/C14H26N2O5S2/c1-8(2)22-7-12(16-10(4)17)14(20)21-5-9(3)23-6-11(15)13(18)19/h8-9,11-12H,5-7,15H2,1-4H3,(H,16,17)(H,18,19). The summed E-state index contributed by atoms with van der Waals surface area (Å²) in [7, 11) is 0. The number of aliphatic carboxylic acids is 1. The molecule has 3 atom stereocenters. The largest absolute Gasteiger partial charge is 0.480 e. The Kier molecular flexibility index (Phi) is 11.1. The van der Waals surface area contributed by atoms with Crippen molar-refractivity contribution in [3.8, 4) is 0 Å². The fraction of sp³-hybridized carbons (Fsp3) is 0.786. The van der Waals surface area contributed by atoms with Crippen LogP contribution in [0.3, 0.4) is 0 Å². The number of amides is 1. The van der Waals surface area contributed by atoms with E-state index in [0.717, 1.165) is 0 Å². The van der Waals surface area contributed by atoms with Crippen molar-refractivity contribution in [3.63, 3.8) is 0 Å². The summed E-state index contributed by atoms with van der Waals surface area (Å²) in [5.74, 6) is -1.14. The van der Waals surface area contributed by atoms with Crippen LogP contribution in [0, 0.1) is 0 Å². The molecule has 1 amide bonds. The van der Waals surface area contributed by atoms with E-state index in [2.05, 4.69) is 5.32 Å². The number of esters is 1. The number of hydrogen-bond acceptors (Lipinski definition) is 7. The van der Waals surface area contributed by atoms with Gasteiger partial charge in [0.1, 0.15) is 18.7 Å². The van der Waals surface area contributed by atoms with E-state index < -0.39 is 24.0 Å². The number of carboxylic acid groups (broad SMARTS) is 1. The number of thioether (sulfide) groups is 2. The lowest BCUT2D eigenvalue weighted by atomic mass is 10.3. The van der Waals surface area contributed by atoms with Gasteiger partial charge in [-0.1, -0.05) is 13.8 Å². The molecular formula is C14H26N2O5S2. The van der Waals surface area contributed by atoms with Gasteiger partial charge in [0.15, 0.2) is 0 Å². The van der Waals surface area contributed by atoms with Gasteiger partial charge >= 0.3 is 11.9 Å². The number of nitrogens with two attached hydrogens (primary N) is 1. The second kappa shape index (κ2) is 11.6. The molecular weight excluding hydrogens is 340 g/mol. The molecule has 0 aromatic rings. The van der Waals surface area contributed by atoms with Crippen molar-refractivity contribution in [3.05, 3.63) is 0 Å². The second-order valence-electron chi connectivity index (χ2n) is 5.35. The summed E-state index contributed by atoms with van der Waals surface area (Å²) < 4.78 is 5.22. The molecule has 0 aliphatic heterocycles. The summed E-state index contributed by atoms with van der Waals surface area (Å²) >= 11 is 2.88. The van der Waals surface area contributed by atoms with Crippen molar-refractivity contribution in [2.75, 3.05) is 18.1 Å². The van der Waals surface area contributed by atoms with Crippen LogP contribution >= 0.6 is 23.5 Å². The molecule has 23 heavy (non-hydrogen) atoms. The van der Waals surface area contributed by atoms with Gasteiger partial charge in [-0.2, -0.15) is 23.5 Å². The fourth-order valence-electron chi connectivity index (χ4n) is 1.39. The summed E-state index contributed by atoms with van der Waals surface area (Å²) in [5.41, 5.74) is 5.41. The SMILES string of the molecule is CC(=O)NC(CSC(C)C)C(=O)OCC(C)SCC(N)C(=O)O. The molecule has 0 aliphatic carbocycles. The van der Waals surface area contributed by atoms with E-state index in [1.54, 1.807) is 11.8 Å². The molecule has 0 heterocycles. The molecule has 0 spiro atoms. The molecule has 0 bridgehead atoms. The van der Waals surface area contributed by atoms with Gasteiger partial charge in [0.05, 0.1) is 0 Å². The quantitative estimate of drug-likeness (QED) is 0.458. The zero-order valence-electron chi connectivity index (χ0n) is 13.9. The molecule has 0 aromatic heterocycles. The third-order valence-electron chi connectivity index (χ3n) is 2.60. The highest BCUT2D eigenvalue weighted by molar-refractivity contribution is 8.00. The van der Waals surface area contributed by atoms with Crippen molar-refractivity contribution in [1.29, 1.82) is 0 Å². The predicted molar refractivity (Wildman–Crippen MR) is 93.7 cm³/mol. The first-order valence-corrected chi connectivity index (χ1v) is 9.38. The smallest absolute Gasteiger partial charge is 0.329 e. The first-order chi connectivity index (χ1) is 10.6. The van der Waals surface area contributed by atoms with Gasteiger partial charge in [-0.05, 0) is 12.2 Å². The van der Waals surface area contributed by atoms with Crippen LogP contribution in [0.15, 0.2) is 0 Å². The first-order valence-electron chi connectivity index (χ1n) is 7.28. The number of nitrogens with one attached hydrogen (secondary N) is 1. The molecule has 4 N–H and O–H groups in total. The summed E-state index contributed by atoms with van der Waals surface area (Å²) in [5, 5.41) is 11.5. The van der Waals surface area contributed by atoms with Crippen LogP contribution in [0.1, 0.15) is 27.7 Å². The molecule has 0 fully saturated rings. The summed E-state index contributed by atoms with van der Waals surface area (Å²) in [6.07, 6.45) is 0. The van der Waals surface area contributed by atoms with E-state index in [1.807, 2.05) is 20.8 Å². The maximum Gasteiger partial charge on any atom is 0.329 e. The average Bonchev–Trinajstić information content (AvgIpc) is 2.45. The molecule has 3 unspecified atom stereocenters. The first kappa shape index (κ1) is 22.1. The predicted octanol–water partition coefficient (Wildman–Crippen LogP) is 0.710. The lowest BCUT2D eigenvalue weighted by molar-refractivity contribution is -0.146. The monoisotopic (exact) mass is 366 g/mol. The Morgan fingerprint density at radius 1 is 1.17 bits per heavy atom. The van der Waals surface area contributed by atoms with Crippen molar-refractivity contribution in [2.24, 2.45) is 5.73 Å². The topological polar surface area (TPSA) is 119 Å². The number of rotatable bonds is 11. The molecule has 7 nitrogen and oxygen atoms in total. The molecule has 134 valence electrons. The van der Waals surface area contributed by atoms with E-state index >= 15 is 0 Å². The normalized spacial score (nSPS) is 14.9. The Morgan fingerprint density at radius 2 is 1.78 bits per heavy atom. The Hall–Kier alpha value is -0.930. The van der Waals surface area contributed by atoms with E-state index in [-0.39, 0.29) is 23.5 Å². The van der Waals surface area contributed by atoms with Gasteiger partial charge in [-0.15, -0.1) is 0 Å². The van der Waals surface area contributed by atoms with Crippen LogP contribution in [-0.4, -0.2) is 63.6 Å². The maximum absolute atomic E-state index is 12.1. The third kappa shape index (κ3) is 11.3. The minimum atomic E-state index is -1.06. The average molecular weight is 367 g/mol. The summed E-state index contributed by atoms with van der Waals surface area (Å²) in [6, 6.07) is -1.62. The molecule has 0 saturated carbocycles. The van der Waals surface area contributed by atoms with Crippen LogP contribution in [0.2, 0.25) is 0 Å². The van der Waals surface area contributed by atoms with Crippen molar-refractivity contribution >= 4 is 41.4 Å². The number of carbonyl (C=O) groups is 3. The highest BCUT2D eigenvalue weighted by Gasteiger charge is 2.22. The van der Waals surface area contributed by atoms with Crippen LogP contribution in [0.25, 0.3) is 0 Å². The van der Waals surface area contributed by atoms with E-state index in [0.29, 0.717) is 11.0 Å². The van der Waals surface area contributed by atoms with E-state index in [9.17, 15) is 14.4 Å². The second-order valence-corrected chi connectivity index (χ2v) is 8.43. The fourth-order valence-corrected chi connectivity index (χ4v) is 3.03. The molecule has 0 radical (unpaired) electrons.